The number of carbonyl (C=O) groups is 2. The second-order valence-corrected chi connectivity index (χ2v) is 11.0. The van der Waals surface area contributed by atoms with Crippen molar-refractivity contribution < 1.29 is 27.6 Å². The average molecular weight is 435 g/mol. The van der Waals surface area contributed by atoms with Crippen LogP contribution >= 0.6 is 12.6 Å². The first-order valence-electron chi connectivity index (χ1n) is 9.83. The van der Waals surface area contributed by atoms with Gasteiger partial charge in [0.15, 0.2) is 0 Å². The van der Waals surface area contributed by atoms with E-state index in [-0.39, 0.29) is 17.8 Å². The number of carbonyl (C=O) groups excluding carboxylic acids is 2. The van der Waals surface area contributed by atoms with E-state index in [0.29, 0.717) is 17.8 Å². The van der Waals surface area contributed by atoms with Gasteiger partial charge in [0.1, 0.15) is 0 Å². The Morgan fingerprint density at radius 3 is 2.11 bits per heavy atom. The highest BCUT2D eigenvalue weighted by Gasteiger charge is 2.51. The summed E-state index contributed by atoms with van der Waals surface area (Å²) in [7, 11) is -3.55. The van der Waals surface area contributed by atoms with Crippen LogP contribution in [0.5, 0.6) is 0 Å². The van der Waals surface area contributed by atoms with Crippen LogP contribution in [0.1, 0.15) is 45.4 Å². The Morgan fingerprint density at radius 1 is 1.11 bits per heavy atom. The second kappa shape index (κ2) is 8.49. The van der Waals surface area contributed by atoms with Gasteiger partial charge in [0.05, 0.1) is 24.3 Å². The van der Waals surface area contributed by atoms with Crippen molar-refractivity contribution in [1.82, 2.24) is 10.2 Å². The predicted octanol–water partition coefficient (Wildman–Crippen LogP) is 1.03. The third-order valence-electron chi connectivity index (χ3n) is 6.13. The number of rotatable bonds is 9. The molecule has 0 amide bonds. The van der Waals surface area contributed by atoms with Crippen LogP contribution < -0.4 is 10.2 Å². The highest BCUT2D eigenvalue weighted by molar-refractivity contribution is 7.88. The standard InChI is InChI=1S/C18H30N2O6S2/c1-11(10-27)16(21)25-15(9-19-28(2,23)24)17(22)26-20-18-6-12-3-13(7-18)5-14(4-12)8-18/h11-15,19-20,27H,3-10H2,1-2H3/t11-,12?,13?,14?,15+,18?/m1/s1. The van der Waals surface area contributed by atoms with Gasteiger partial charge in [-0.3, -0.25) is 4.79 Å². The van der Waals surface area contributed by atoms with Crippen molar-refractivity contribution in [2.45, 2.75) is 57.1 Å². The van der Waals surface area contributed by atoms with Gasteiger partial charge in [0.2, 0.25) is 16.1 Å². The van der Waals surface area contributed by atoms with Crippen molar-refractivity contribution in [1.29, 1.82) is 0 Å². The number of hydrogen-bond donors (Lipinski definition) is 3. The number of nitrogens with one attached hydrogen (secondary N) is 2. The van der Waals surface area contributed by atoms with Gasteiger partial charge in [-0.25, -0.2) is 17.9 Å². The summed E-state index contributed by atoms with van der Waals surface area (Å²) in [5.74, 6) is 0.338. The molecule has 4 bridgehead atoms. The van der Waals surface area contributed by atoms with Crippen LogP contribution in [0.2, 0.25) is 0 Å². The van der Waals surface area contributed by atoms with Crippen LogP contribution in [0.25, 0.3) is 0 Å². The lowest BCUT2D eigenvalue weighted by molar-refractivity contribution is -0.183. The number of esters is 1. The fourth-order valence-corrected chi connectivity index (χ4v) is 5.79. The summed E-state index contributed by atoms with van der Waals surface area (Å²) in [5, 5.41) is 0. The van der Waals surface area contributed by atoms with Gasteiger partial charge in [-0.2, -0.15) is 12.6 Å². The second-order valence-electron chi connectivity index (χ2n) is 8.85. The Labute approximate surface area is 171 Å². The van der Waals surface area contributed by atoms with Crippen LogP contribution in [0.3, 0.4) is 0 Å². The van der Waals surface area contributed by atoms with E-state index in [1.807, 2.05) is 0 Å². The summed E-state index contributed by atoms with van der Waals surface area (Å²) in [6.45, 7) is 1.25. The molecule has 2 atom stereocenters. The summed E-state index contributed by atoms with van der Waals surface area (Å²) >= 11 is 4.05. The molecule has 0 aromatic rings. The molecule has 4 fully saturated rings. The van der Waals surface area contributed by atoms with Gasteiger partial charge in [0, 0.05) is 5.75 Å². The van der Waals surface area contributed by atoms with Crippen LogP contribution in [0.15, 0.2) is 0 Å². The molecule has 4 aliphatic rings. The molecule has 0 aliphatic heterocycles. The molecular formula is C18H30N2O6S2. The highest BCUT2D eigenvalue weighted by atomic mass is 32.2. The molecule has 10 heteroatoms. The molecule has 4 rings (SSSR count). The monoisotopic (exact) mass is 434 g/mol. The Hall–Kier alpha value is -0.840. The summed E-state index contributed by atoms with van der Waals surface area (Å²) in [6.07, 6.45) is 6.34. The van der Waals surface area contributed by atoms with Crippen LogP contribution in [0.4, 0.5) is 0 Å². The van der Waals surface area contributed by atoms with Crippen molar-refractivity contribution in [3.63, 3.8) is 0 Å². The summed E-state index contributed by atoms with van der Waals surface area (Å²) in [4.78, 5) is 30.0. The molecule has 0 heterocycles. The maximum absolute atomic E-state index is 12.6. The maximum Gasteiger partial charge on any atom is 0.367 e. The van der Waals surface area contributed by atoms with Crippen molar-refractivity contribution in [3.05, 3.63) is 0 Å². The number of thiol groups is 1. The molecule has 0 saturated heterocycles. The first kappa shape index (κ1) is 21.9. The molecule has 0 unspecified atom stereocenters. The Bertz CT molecular complexity index is 676. The summed E-state index contributed by atoms with van der Waals surface area (Å²) in [6, 6.07) is 0. The van der Waals surface area contributed by atoms with E-state index < -0.39 is 34.0 Å². The maximum atomic E-state index is 12.6. The molecule has 8 nitrogen and oxygen atoms in total. The zero-order chi connectivity index (χ0) is 20.5. The fourth-order valence-electron chi connectivity index (χ4n) is 5.19. The lowest BCUT2D eigenvalue weighted by Gasteiger charge is -2.56. The molecular weight excluding hydrogens is 404 g/mol. The fraction of sp³-hybridized carbons (Fsp3) is 0.889. The molecule has 4 aliphatic carbocycles. The van der Waals surface area contributed by atoms with Crippen molar-refractivity contribution in [2.24, 2.45) is 23.7 Å². The van der Waals surface area contributed by atoms with Gasteiger partial charge in [0.25, 0.3) is 0 Å². The Balaban J connectivity index is 1.61. The zero-order valence-corrected chi connectivity index (χ0v) is 18.1. The summed E-state index contributed by atoms with van der Waals surface area (Å²) in [5.41, 5.74) is 2.78. The van der Waals surface area contributed by atoms with E-state index in [9.17, 15) is 18.0 Å². The van der Waals surface area contributed by atoms with E-state index in [4.69, 9.17) is 9.57 Å². The molecule has 0 aromatic carbocycles. The van der Waals surface area contributed by atoms with Crippen molar-refractivity contribution in [2.75, 3.05) is 18.6 Å². The third kappa shape index (κ3) is 5.40. The molecule has 2 N–H and O–H groups in total. The van der Waals surface area contributed by atoms with Crippen LogP contribution in [0, 0.1) is 23.7 Å². The molecule has 0 aromatic heterocycles. The van der Waals surface area contributed by atoms with E-state index in [0.717, 1.165) is 25.5 Å². The lowest BCUT2D eigenvalue weighted by Crippen LogP contribution is -2.59. The van der Waals surface area contributed by atoms with Gasteiger partial charge in [-0.05, 0) is 56.3 Å². The van der Waals surface area contributed by atoms with Gasteiger partial charge < -0.3 is 9.57 Å². The van der Waals surface area contributed by atoms with Crippen LogP contribution in [-0.4, -0.2) is 50.6 Å². The third-order valence-corrected chi connectivity index (χ3v) is 7.37. The van der Waals surface area contributed by atoms with Gasteiger partial charge in [-0.15, -0.1) is 5.48 Å². The average Bonchev–Trinajstić information content (AvgIpc) is 2.60. The van der Waals surface area contributed by atoms with Gasteiger partial charge in [-0.1, -0.05) is 6.92 Å². The summed E-state index contributed by atoms with van der Waals surface area (Å²) < 4.78 is 30.2. The van der Waals surface area contributed by atoms with Gasteiger partial charge >= 0.3 is 11.9 Å². The highest BCUT2D eigenvalue weighted by Crippen LogP contribution is 2.55. The molecule has 28 heavy (non-hydrogen) atoms. The molecule has 4 saturated carbocycles. The van der Waals surface area contributed by atoms with E-state index >= 15 is 0 Å². The molecule has 0 radical (unpaired) electrons. The van der Waals surface area contributed by atoms with Crippen molar-refractivity contribution >= 4 is 34.6 Å². The van der Waals surface area contributed by atoms with E-state index in [1.54, 1.807) is 6.92 Å². The smallest absolute Gasteiger partial charge is 0.367 e. The van der Waals surface area contributed by atoms with Crippen LogP contribution in [-0.2, 0) is 29.2 Å². The zero-order valence-electron chi connectivity index (χ0n) is 16.3. The topological polar surface area (TPSA) is 111 Å². The number of hydrogen-bond acceptors (Lipinski definition) is 8. The Morgan fingerprint density at radius 2 is 1.64 bits per heavy atom. The molecule has 160 valence electrons. The minimum absolute atomic E-state index is 0.207. The SMILES string of the molecule is C[C@H](CS)C(=O)O[C@@H](CNS(C)(=O)=O)C(=O)ONC12CC3CC(CC(C3)C1)C2. The largest absolute Gasteiger partial charge is 0.449 e. The number of ether oxygens (including phenoxy) is 1. The normalized spacial score (nSPS) is 33.3. The lowest BCUT2D eigenvalue weighted by atomic mass is 9.53. The first-order valence-corrected chi connectivity index (χ1v) is 12.4. The quantitative estimate of drug-likeness (QED) is 0.282. The van der Waals surface area contributed by atoms with Crippen molar-refractivity contribution in [3.8, 4) is 0 Å². The minimum Gasteiger partial charge on any atom is -0.449 e. The predicted molar refractivity (Wildman–Crippen MR) is 106 cm³/mol. The first-order chi connectivity index (χ1) is 13.1. The minimum atomic E-state index is -3.55. The van der Waals surface area contributed by atoms with E-state index in [2.05, 4.69) is 22.8 Å². The van der Waals surface area contributed by atoms with E-state index in [1.165, 1.54) is 19.3 Å². The Kier molecular flexibility index (Phi) is 6.63. The molecule has 0 spiro atoms. The number of hydroxylamine groups is 1. The number of sulfonamides is 1.